The van der Waals surface area contributed by atoms with Crippen LogP contribution >= 0.6 is 0 Å². The average Bonchev–Trinajstić information content (AvgIpc) is 2.85. The first kappa shape index (κ1) is 15.3. The van der Waals surface area contributed by atoms with Crippen LogP contribution in [0.15, 0.2) is 12.4 Å². The summed E-state index contributed by atoms with van der Waals surface area (Å²) in [6.45, 7) is 2.91. The van der Waals surface area contributed by atoms with Crippen LogP contribution in [-0.2, 0) is 11.3 Å². The topological polar surface area (TPSA) is 96.3 Å². The van der Waals surface area contributed by atoms with Crippen molar-refractivity contribution >= 4 is 12.0 Å². The normalized spacial score (nSPS) is 17.2. The predicted molar refractivity (Wildman–Crippen MR) is 77.0 cm³/mol. The van der Waals surface area contributed by atoms with Gasteiger partial charge in [-0.1, -0.05) is 19.3 Å². The highest BCUT2D eigenvalue weighted by molar-refractivity contribution is 5.86. The highest BCUT2D eigenvalue weighted by atomic mass is 16.4. The summed E-state index contributed by atoms with van der Waals surface area (Å²) in [6, 6.07) is -0.428. The first-order chi connectivity index (χ1) is 10.0. The van der Waals surface area contributed by atoms with E-state index in [1.54, 1.807) is 10.9 Å². The minimum absolute atomic E-state index is 0.405. The summed E-state index contributed by atoms with van der Waals surface area (Å²) >= 11 is 0. The van der Waals surface area contributed by atoms with Gasteiger partial charge in [-0.3, -0.25) is 4.68 Å². The number of carboxylic acid groups (broad SMARTS) is 1. The number of aliphatic carboxylic acids is 1. The van der Waals surface area contributed by atoms with Crippen LogP contribution in [0, 0.1) is 6.92 Å². The first-order valence-electron chi connectivity index (χ1n) is 7.30. The van der Waals surface area contributed by atoms with Crippen molar-refractivity contribution in [2.45, 2.75) is 51.1 Å². The third kappa shape index (κ3) is 3.96. The number of nitrogens with one attached hydrogen (secondary N) is 2. The summed E-state index contributed by atoms with van der Waals surface area (Å²) in [7, 11) is 0. The van der Waals surface area contributed by atoms with Gasteiger partial charge in [-0.15, -0.1) is 0 Å². The molecule has 3 N–H and O–H groups in total. The second-order valence-electron chi connectivity index (χ2n) is 5.61. The van der Waals surface area contributed by atoms with E-state index in [9.17, 15) is 14.7 Å². The van der Waals surface area contributed by atoms with Gasteiger partial charge >= 0.3 is 12.0 Å². The molecule has 0 saturated heterocycles. The number of hydrogen-bond donors (Lipinski definition) is 3. The molecule has 0 aliphatic heterocycles. The molecule has 0 spiro atoms. The molecular weight excluding hydrogens is 272 g/mol. The number of carbonyl (C=O) groups is 2. The van der Waals surface area contributed by atoms with E-state index in [0.717, 1.165) is 24.8 Å². The monoisotopic (exact) mass is 294 g/mol. The van der Waals surface area contributed by atoms with Crippen LogP contribution in [0.5, 0.6) is 0 Å². The molecule has 0 bridgehead atoms. The van der Waals surface area contributed by atoms with Crippen LogP contribution in [0.2, 0.25) is 0 Å². The van der Waals surface area contributed by atoms with Crippen molar-refractivity contribution in [3.05, 3.63) is 18.0 Å². The van der Waals surface area contributed by atoms with E-state index in [1.165, 1.54) is 0 Å². The minimum Gasteiger partial charge on any atom is -0.480 e. The molecule has 1 fully saturated rings. The SMILES string of the molecule is Cc1cnn(CCNC(=O)NC2(C(=O)O)CCCCC2)c1. The number of aromatic nitrogens is 2. The molecule has 0 aromatic carbocycles. The Bertz CT molecular complexity index is 506. The van der Waals surface area contributed by atoms with E-state index in [4.69, 9.17) is 0 Å². The van der Waals surface area contributed by atoms with Gasteiger partial charge in [0.25, 0.3) is 0 Å². The summed E-state index contributed by atoms with van der Waals surface area (Å²) in [6.07, 6.45) is 7.32. The highest BCUT2D eigenvalue weighted by Crippen LogP contribution is 2.28. The van der Waals surface area contributed by atoms with Crippen molar-refractivity contribution in [3.8, 4) is 0 Å². The molecule has 1 aromatic rings. The van der Waals surface area contributed by atoms with Crippen LogP contribution in [0.25, 0.3) is 0 Å². The maximum absolute atomic E-state index is 11.9. The van der Waals surface area contributed by atoms with Gasteiger partial charge in [0.2, 0.25) is 0 Å². The van der Waals surface area contributed by atoms with E-state index in [-0.39, 0.29) is 0 Å². The number of carbonyl (C=O) groups excluding carboxylic acids is 1. The number of nitrogens with zero attached hydrogens (tertiary/aromatic N) is 2. The number of urea groups is 1. The van der Waals surface area contributed by atoms with Crippen molar-refractivity contribution < 1.29 is 14.7 Å². The van der Waals surface area contributed by atoms with Crippen molar-refractivity contribution in [2.24, 2.45) is 0 Å². The molecule has 21 heavy (non-hydrogen) atoms. The molecule has 0 unspecified atom stereocenters. The number of carboxylic acids is 1. The lowest BCUT2D eigenvalue weighted by Gasteiger charge is -2.33. The maximum Gasteiger partial charge on any atom is 0.329 e. The Morgan fingerprint density at radius 1 is 1.38 bits per heavy atom. The van der Waals surface area contributed by atoms with Crippen molar-refractivity contribution in [1.29, 1.82) is 0 Å². The zero-order chi connectivity index (χ0) is 15.3. The van der Waals surface area contributed by atoms with Crippen LogP contribution < -0.4 is 10.6 Å². The highest BCUT2D eigenvalue weighted by Gasteiger charge is 2.40. The molecule has 1 aliphatic rings. The number of aryl methyl sites for hydroxylation is 1. The van der Waals surface area contributed by atoms with Gasteiger partial charge < -0.3 is 15.7 Å². The van der Waals surface area contributed by atoms with Gasteiger partial charge in [-0.25, -0.2) is 9.59 Å². The van der Waals surface area contributed by atoms with Crippen LogP contribution in [0.3, 0.4) is 0 Å². The molecule has 7 heteroatoms. The Balaban J connectivity index is 1.81. The number of amides is 2. The lowest BCUT2D eigenvalue weighted by molar-refractivity contribution is -0.145. The molecule has 1 aromatic heterocycles. The van der Waals surface area contributed by atoms with E-state index >= 15 is 0 Å². The fraction of sp³-hybridized carbons (Fsp3) is 0.643. The third-order valence-electron chi connectivity index (χ3n) is 3.86. The molecule has 0 radical (unpaired) electrons. The largest absolute Gasteiger partial charge is 0.480 e. The fourth-order valence-corrected chi connectivity index (χ4v) is 2.68. The lowest BCUT2D eigenvalue weighted by atomic mass is 9.82. The zero-order valence-corrected chi connectivity index (χ0v) is 12.3. The Morgan fingerprint density at radius 2 is 2.10 bits per heavy atom. The van der Waals surface area contributed by atoms with Crippen molar-refractivity contribution in [3.63, 3.8) is 0 Å². The lowest BCUT2D eigenvalue weighted by Crippen LogP contribution is -2.58. The standard InChI is InChI=1S/C14H22N4O3/c1-11-9-16-18(10-11)8-7-15-13(21)17-14(12(19)20)5-3-2-4-6-14/h9-10H,2-8H2,1H3,(H,19,20)(H2,15,17,21). The van der Waals surface area contributed by atoms with E-state index in [1.807, 2.05) is 13.1 Å². The second-order valence-corrected chi connectivity index (χ2v) is 5.61. The molecule has 1 heterocycles. The first-order valence-corrected chi connectivity index (χ1v) is 7.30. The quantitative estimate of drug-likeness (QED) is 0.762. The molecule has 1 saturated carbocycles. The Morgan fingerprint density at radius 3 is 2.67 bits per heavy atom. The summed E-state index contributed by atoms with van der Waals surface area (Å²) < 4.78 is 1.74. The van der Waals surface area contributed by atoms with Crippen molar-refractivity contribution in [1.82, 2.24) is 20.4 Å². The van der Waals surface area contributed by atoms with Gasteiger partial charge in [0.05, 0.1) is 12.7 Å². The number of hydrogen-bond acceptors (Lipinski definition) is 3. The second kappa shape index (κ2) is 6.60. The summed E-state index contributed by atoms with van der Waals surface area (Å²) in [4.78, 5) is 23.4. The number of rotatable bonds is 5. The smallest absolute Gasteiger partial charge is 0.329 e. The van der Waals surface area contributed by atoms with Gasteiger partial charge in [0, 0.05) is 12.7 Å². The maximum atomic E-state index is 11.9. The van der Waals surface area contributed by atoms with Gasteiger partial charge in [0.15, 0.2) is 0 Å². The van der Waals surface area contributed by atoms with E-state index in [2.05, 4.69) is 15.7 Å². The Kier molecular flexibility index (Phi) is 4.82. The van der Waals surface area contributed by atoms with Crippen LogP contribution in [0.1, 0.15) is 37.7 Å². The molecule has 0 atom stereocenters. The van der Waals surface area contributed by atoms with Crippen molar-refractivity contribution in [2.75, 3.05) is 6.54 Å². The molecule has 1 aliphatic carbocycles. The van der Waals surface area contributed by atoms with Crippen LogP contribution in [0.4, 0.5) is 4.79 Å². The van der Waals surface area contributed by atoms with Gasteiger partial charge in [0.1, 0.15) is 5.54 Å². The zero-order valence-electron chi connectivity index (χ0n) is 12.3. The Labute approximate surface area is 123 Å². The molecule has 7 nitrogen and oxygen atoms in total. The molecular formula is C14H22N4O3. The molecule has 2 amide bonds. The van der Waals surface area contributed by atoms with Gasteiger partial charge in [-0.05, 0) is 25.3 Å². The molecule has 2 rings (SSSR count). The summed E-state index contributed by atoms with van der Waals surface area (Å²) in [5.41, 5.74) is -0.0450. The van der Waals surface area contributed by atoms with E-state index < -0.39 is 17.5 Å². The third-order valence-corrected chi connectivity index (χ3v) is 3.86. The fourth-order valence-electron chi connectivity index (χ4n) is 2.68. The van der Waals surface area contributed by atoms with Gasteiger partial charge in [-0.2, -0.15) is 5.10 Å². The Hall–Kier alpha value is -2.05. The predicted octanol–water partition coefficient (Wildman–Crippen LogP) is 1.28. The summed E-state index contributed by atoms with van der Waals surface area (Å²) in [5.74, 6) is -0.944. The van der Waals surface area contributed by atoms with E-state index in [0.29, 0.717) is 25.9 Å². The summed E-state index contributed by atoms with van der Waals surface area (Å²) in [5, 5.41) is 18.8. The average molecular weight is 294 g/mol. The van der Waals surface area contributed by atoms with Crippen LogP contribution in [-0.4, -0.2) is 39.0 Å². The molecule has 116 valence electrons. The minimum atomic E-state index is -1.11.